The number of nitrogens with two attached hydrogens (primary N) is 2. The summed E-state index contributed by atoms with van der Waals surface area (Å²) in [4.78, 5) is 21.6. The van der Waals surface area contributed by atoms with Gasteiger partial charge in [-0.1, -0.05) is 41.9 Å². The lowest BCUT2D eigenvalue weighted by molar-refractivity contribution is 0.0946. The highest BCUT2D eigenvalue weighted by molar-refractivity contribution is 7.88. The third kappa shape index (κ3) is 7.46. The fourth-order valence-corrected chi connectivity index (χ4v) is 3.66. The van der Waals surface area contributed by atoms with Gasteiger partial charge in [0.1, 0.15) is 0 Å². The lowest BCUT2D eigenvalue weighted by Crippen LogP contribution is -2.38. The van der Waals surface area contributed by atoms with Gasteiger partial charge in [0.25, 0.3) is 5.91 Å². The van der Waals surface area contributed by atoms with Crippen LogP contribution in [0.5, 0.6) is 0 Å². The predicted molar refractivity (Wildman–Crippen MR) is 113 cm³/mol. The maximum Gasteiger partial charge on any atom is 0.273 e. The summed E-state index contributed by atoms with van der Waals surface area (Å²) in [5.41, 5.74) is 11.7. The van der Waals surface area contributed by atoms with Crippen molar-refractivity contribution >= 4 is 39.2 Å². The highest BCUT2D eigenvalue weighted by Gasteiger charge is 2.16. The van der Waals surface area contributed by atoms with Gasteiger partial charge >= 0.3 is 0 Å². The van der Waals surface area contributed by atoms with E-state index in [0.29, 0.717) is 19.6 Å². The van der Waals surface area contributed by atoms with Crippen molar-refractivity contribution < 1.29 is 13.2 Å². The zero-order valence-corrected chi connectivity index (χ0v) is 17.5. The molecule has 1 aromatic carbocycles. The number of nitrogen functional groups attached to an aromatic ring is 2. The van der Waals surface area contributed by atoms with Crippen molar-refractivity contribution in [1.82, 2.24) is 24.9 Å². The molecule has 0 atom stereocenters. The van der Waals surface area contributed by atoms with Gasteiger partial charge < -0.3 is 21.7 Å². The summed E-state index contributed by atoms with van der Waals surface area (Å²) in [6.07, 6.45) is 0. The fraction of sp³-hybridized carbons (Fsp3) is 0.353. The molecule has 0 saturated heterocycles. The molecule has 1 heterocycles. The third-order valence-corrected chi connectivity index (χ3v) is 5.55. The van der Waals surface area contributed by atoms with Crippen LogP contribution in [0.25, 0.3) is 0 Å². The lowest BCUT2D eigenvalue weighted by Gasteiger charge is -2.17. The summed E-state index contributed by atoms with van der Waals surface area (Å²) in [6, 6.07) is 8.95. The minimum absolute atomic E-state index is 0.0461. The molecule has 0 aliphatic rings. The highest BCUT2D eigenvalue weighted by atomic mass is 35.5. The molecule has 0 saturated carbocycles. The number of likely N-dealkylation sites (N-methyl/N-ethyl adjacent to an activating group) is 1. The van der Waals surface area contributed by atoms with E-state index < -0.39 is 15.9 Å². The van der Waals surface area contributed by atoms with Crippen molar-refractivity contribution in [3.63, 3.8) is 0 Å². The van der Waals surface area contributed by atoms with E-state index in [1.54, 1.807) is 24.3 Å². The van der Waals surface area contributed by atoms with Crippen LogP contribution in [-0.2, 0) is 15.8 Å². The molecule has 2 rings (SSSR count). The molecule has 0 unspecified atom stereocenters. The normalized spacial score (nSPS) is 11.6. The first kappa shape index (κ1) is 22.8. The molecule has 0 fully saturated rings. The van der Waals surface area contributed by atoms with Gasteiger partial charge in [0.2, 0.25) is 10.0 Å². The first-order chi connectivity index (χ1) is 13.7. The molecule has 0 aliphatic carbocycles. The molecule has 0 bridgehead atoms. The zero-order chi connectivity index (χ0) is 21.4. The number of halogens is 1. The van der Waals surface area contributed by atoms with E-state index in [4.69, 9.17) is 23.1 Å². The summed E-state index contributed by atoms with van der Waals surface area (Å²) in [7, 11) is -1.60. The van der Waals surface area contributed by atoms with E-state index in [1.165, 1.54) is 0 Å². The SMILES string of the molecule is CN(CCNC(=O)c1nc(Cl)c(N)nc1N)CCNS(=O)(=O)Cc1ccccc1. The van der Waals surface area contributed by atoms with E-state index in [2.05, 4.69) is 20.0 Å². The summed E-state index contributed by atoms with van der Waals surface area (Å²) in [6.45, 7) is 1.52. The van der Waals surface area contributed by atoms with Crippen molar-refractivity contribution in [2.45, 2.75) is 5.75 Å². The number of aromatic nitrogens is 2. The molecule has 10 nitrogen and oxygen atoms in total. The minimum atomic E-state index is -3.41. The van der Waals surface area contributed by atoms with Gasteiger partial charge in [-0.05, 0) is 12.6 Å². The number of nitrogens with zero attached hydrogens (tertiary/aromatic N) is 3. The Morgan fingerprint density at radius 1 is 1.10 bits per heavy atom. The Labute approximate surface area is 174 Å². The van der Waals surface area contributed by atoms with Gasteiger partial charge in [0.05, 0.1) is 5.75 Å². The summed E-state index contributed by atoms with van der Waals surface area (Å²) >= 11 is 5.76. The van der Waals surface area contributed by atoms with Crippen molar-refractivity contribution in [2.24, 2.45) is 0 Å². The van der Waals surface area contributed by atoms with Crippen LogP contribution in [0.4, 0.5) is 11.6 Å². The molecule has 0 radical (unpaired) electrons. The molecule has 0 aliphatic heterocycles. The zero-order valence-electron chi connectivity index (χ0n) is 15.9. The molecule has 6 N–H and O–H groups in total. The number of carbonyl (C=O) groups is 1. The Morgan fingerprint density at radius 3 is 2.45 bits per heavy atom. The Hall–Kier alpha value is -2.47. The monoisotopic (exact) mass is 441 g/mol. The first-order valence-electron chi connectivity index (χ1n) is 8.74. The number of amides is 1. The molecule has 0 spiro atoms. The standard InChI is InChI=1S/C17H24ClN7O3S/c1-25(10-8-22-29(27,28)11-12-5-3-2-4-6-12)9-7-21-17(26)13-15(19)24-16(20)14(18)23-13/h2-6,22H,7-11H2,1H3,(H,21,26)(H4,19,20,24). The van der Waals surface area contributed by atoms with Crippen LogP contribution in [-0.4, -0.2) is 62.4 Å². The number of hydrogen-bond acceptors (Lipinski definition) is 8. The average molecular weight is 442 g/mol. The molecular weight excluding hydrogens is 418 g/mol. The highest BCUT2D eigenvalue weighted by Crippen LogP contribution is 2.17. The molecule has 1 amide bonds. The number of hydrogen-bond donors (Lipinski definition) is 4. The summed E-state index contributed by atoms with van der Waals surface area (Å²) in [5, 5.41) is 2.56. The van der Waals surface area contributed by atoms with E-state index in [1.807, 2.05) is 18.0 Å². The second kappa shape index (κ2) is 10.3. The second-order valence-corrected chi connectivity index (χ2v) is 8.50. The Kier molecular flexibility index (Phi) is 8.14. The van der Waals surface area contributed by atoms with Crippen molar-refractivity contribution in [2.75, 3.05) is 44.7 Å². The predicted octanol–water partition coefficient (Wildman–Crippen LogP) is 0.0756. The molecule has 29 heavy (non-hydrogen) atoms. The van der Waals surface area contributed by atoms with Crippen LogP contribution in [0.2, 0.25) is 5.15 Å². The van der Waals surface area contributed by atoms with Gasteiger partial charge in [-0.15, -0.1) is 0 Å². The van der Waals surface area contributed by atoms with Gasteiger partial charge in [0, 0.05) is 26.2 Å². The number of nitrogens with one attached hydrogen (secondary N) is 2. The molecule has 158 valence electrons. The number of benzene rings is 1. The Balaban J connectivity index is 1.71. The molecular formula is C17H24ClN7O3S. The maximum absolute atomic E-state index is 12.1. The second-order valence-electron chi connectivity index (χ2n) is 6.33. The number of anilines is 2. The minimum Gasteiger partial charge on any atom is -0.382 e. The Bertz CT molecular complexity index is 942. The Morgan fingerprint density at radius 2 is 1.76 bits per heavy atom. The molecule has 1 aromatic heterocycles. The van der Waals surface area contributed by atoms with E-state index >= 15 is 0 Å². The summed E-state index contributed by atoms with van der Waals surface area (Å²) < 4.78 is 26.8. The van der Waals surface area contributed by atoms with E-state index in [-0.39, 0.29) is 34.8 Å². The topological polar surface area (TPSA) is 156 Å². The molecule has 2 aromatic rings. The van der Waals surface area contributed by atoms with Gasteiger partial charge in [-0.3, -0.25) is 4.79 Å². The first-order valence-corrected chi connectivity index (χ1v) is 10.8. The molecule has 12 heteroatoms. The smallest absolute Gasteiger partial charge is 0.273 e. The van der Waals surface area contributed by atoms with Crippen LogP contribution in [0.15, 0.2) is 30.3 Å². The maximum atomic E-state index is 12.1. The van der Waals surface area contributed by atoms with E-state index in [9.17, 15) is 13.2 Å². The van der Waals surface area contributed by atoms with Crippen LogP contribution in [0.3, 0.4) is 0 Å². The van der Waals surface area contributed by atoms with Crippen LogP contribution < -0.4 is 21.5 Å². The van der Waals surface area contributed by atoms with Crippen molar-refractivity contribution in [3.8, 4) is 0 Å². The fourth-order valence-electron chi connectivity index (χ4n) is 2.40. The number of rotatable bonds is 10. The largest absolute Gasteiger partial charge is 0.382 e. The third-order valence-electron chi connectivity index (χ3n) is 3.91. The van der Waals surface area contributed by atoms with Crippen molar-refractivity contribution in [3.05, 3.63) is 46.7 Å². The van der Waals surface area contributed by atoms with Gasteiger partial charge in [-0.25, -0.2) is 23.1 Å². The number of sulfonamides is 1. The van der Waals surface area contributed by atoms with Crippen LogP contribution in [0.1, 0.15) is 16.1 Å². The average Bonchev–Trinajstić information content (AvgIpc) is 2.64. The van der Waals surface area contributed by atoms with Crippen LogP contribution in [0, 0.1) is 0 Å². The quantitative estimate of drug-likeness (QED) is 0.403. The van der Waals surface area contributed by atoms with Crippen molar-refractivity contribution in [1.29, 1.82) is 0 Å². The lowest BCUT2D eigenvalue weighted by atomic mass is 10.2. The van der Waals surface area contributed by atoms with Gasteiger partial charge in [-0.2, -0.15) is 0 Å². The van der Waals surface area contributed by atoms with Gasteiger partial charge in [0.15, 0.2) is 22.5 Å². The van der Waals surface area contributed by atoms with E-state index in [0.717, 1.165) is 5.56 Å². The summed E-state index contributed by atoms with van der Waals surface area (Å²) in [5.74, 6) is -0.741. The van der Waals surface area contributed by atoms with Crippen LogP contribution >= 0.6 is 11.6 Å². The number of carbonyl (C=O) groups excluding carboxylic acids is 1.